The predicted molar refractivity (Wildman–Crippen MR) is 63.2 cm³/mol. The number of carbonyl (C=O) groups is 1. The highest BCUT2D eigenvalue weighted by molar-refractivity contribution is 5.85. The van der Waals surface area contributed by atoms with Crippen molar-refractivity contribution in [3.8, 4) is 0 Å². The second-order valence-corrected chi connectivity index (χ2v) is 4.36. The Kier molecular flexibility index (Phi) is 3.28. The molecule has 0 bridgehead atoms. The lowest BCUT2D eigenvalue weighted by atomic mass is 10.2. The van der Waals surface area contributed by atoms with Gasteiger partial charge in [-0.25, -0.2) is 9.78 Å². The number of anilines is 1. The molecule has 2 atom stereocenters. The number of carboxylic acids is 1. The zero-order valence-corrected chi connectivity index (χ0v) is 9.71. The number of hydrogen-bond acceptors (Lipinski definition) is 4. The lowest BCUT2D eigenvalue weighted by Crippen LogP contribution is -2.38. The van der Waals surface area contributed by atoms with E-state index in [2.05, 4.69) is 4.98 Å². The fourth-order valence-electron chi connectivity index (χ4n) is 2.28. The minimum atomic E-state index is -1.03. The normalized spacial score (nSPS) is 23.6. The van der Waals surface area contributed by atoms with Crippen molar-refractivity contribution in [2.45, 2.75) is 31.4 Å². The minimum absolute atomic E-state index is 0.0295. The number of pyridine rings is 1. The number of aromatic carboxylic acids is 1. The highest BCUT2D eigenvalue weighted by atomic mass is 16.4. The van der Waals surface area contributed by atoms with Crippen LogP contribution in [-0.4, -0.2) is 40.4 Å². The summed E-state index contributed by atoms with van der Waals surface area (Å²) >= 11 is 0. The Balaban J connectivity index is 2.21. The first-order valence-corrected chi connectivity index (χ1v) is 5.71. The molecule has 5 heteroatoms. The van der Waals surface area contributed by atoms with E-state index in [1.807, 2.05) is 11.9 Å². The van der Waals surface area contributed by atoms with Gasteiger partial charge in [0.15, 0.2) is 5.69 Å². The number of likely N-dealkylation sites (N-methyl/N-ethyl adjacent to an activating group) is 1. The molecule has 92 valence electrons. The molecule has 0 aromatic carbocycles. The Bertz CT molecular complexity index is 422. The number of aromatic nitrogens is 1. The van der Waals surface area contributed by atoms with Crippen molar-refractivity contribution < 1.29 is 15.0 Å². The van der Waals surface area contributed by atoms with Crippen LogP contribution in [0, 0.1) is 0 Å². The van der Waals surface area contributed by atoms with Crippen LogP contribution in [0.5, 0.6) is 0 Å². The third kappa shape index (κ3) is 2.39. The molecular weight excluding hydrogens is 220 g/mol. The maximum Gasteiger partial charge on any atom is 0.354 e. The van der Waals surface area contributed by atoms with Gasteiger partial charge >= 0.3 is 5.97 Å². The third-order valence-corrected chi connectivity index (χ3v) is 3.26. The summed E-state index contributed by atoms with van der Waals surface area (Å²) in [5.74, 6) is -0.442. The molecule has 1 aliphatic carbocycles. The molecule has 0 saturated heterocycles. The van der Waals surface area contributed by atoms with Crippen LogP contribution in [-0.2, 0) is 0 Å². The first-order valence-electron chi connectivity index (χ1n) is 5.71. The molecule has 17 heavy (non-hydrogen) atoms. The zero-order valence-electron chi connectivity index (χ0n) is 9.71. The van der Waals surface area contributed by atoms with E-state index in [9.17, 15) is 9.90 Å². The van der Waals surface area contributed by atoms with Gasteiger partial charge in [0.25, 0.3) is 0 Å². The first kappa shape index (κ1) is 11.9. The topological polar surface area (TPSA) is 73.7 Å². The molecule has 0 radical (unpaired) electrons. The van der Waals surface area contributed by atoms with Crippen LogP contribution in [0.15, 0.2) is 18.2 Å². The van der Waals surface area contributed by atoms with Gasteiger partial charge in [0.1, 0.15) is 5.82 Å². The van der Waals surface area contributed by atoms with Gasteiger partial charge in [0.05, 0.1) is 12.1 Å². The monoisotopic (exact) mass is 236 g/mol. The summed E-state index contributed by atoms with van der Waals surface area (Å²) < 4.78 is 0. The molecule has 1 aromatic heterocycles. The maximum absolute atomic E-state index is 10.8. The molecule has 0 spiro atoms. The van der Waals surface area contributed by atoms with Gasteiger partial charge in [-0.15, -0.1) is 0 Å². The number of nitrogens with zero attached hydrogens (tertiary/aromatic N) is 2. The van der Waals surface area contributed by atoms with Gasteiger partial charge in [0, 0.05) is 7.05 Å². The summed E-state index contributed by atoms with van der Waals surface area (Å²) in [4.78, 5) is 16.8. The Hall–Kier alpha value is -1.62. The van der Waals surface area contributed by atoms with E-state index >= 15 is 0 Å². The molecule has 1 heterocycles. The van der Waals surface area contributed by atoms with Gasteiger partial charge in [-0.05, 0) is 31.4 Å². The predicted octanol–water partition coefficient (Wildman–Crippen LogP) is 1.13. The summed E-state index contributed by atoms with van der Waals surface area (Å²) in [7, 11) is 1.84. The van der Waals surface area contributed by atoms with E-state index < -0.39 is 5.97 Å². The van der Waals surface area contributed by atoms with Crippen LogP contribution in [0.1, 0.15) is 29.8 Å². The van der Waals surface area contributed by atoms with E-state index in [0.717, 1.165) is 19.3 Å². The van der Waals surface area contributed by atoms with Crippen LogP contribution >= 0.6 is 0 Å². The summed E-state index contributed by atoms with van der Waals surface area (Å²) in [5.41, 5.74) is 0.0295. The van der Waals surface area contributed by atoms with Crippen LogP contribution < -0.4 is 4.90 Å². The molecule has 0 unspecified atom stereocenters. The second-order valence-electron chi connectivity index (χ2n) is 4.36. The van der Waals surface area contributed by atoms with E-state index in [4.69, 9.17) is 5.11 Å². The fourth-order valence-corrected chi connectivity index (χ4v) is 2.28. The Morgan fingerprint density at radius 2 is 2.24 bits per heavy atom. The van der Waals surface area contributed by atoms with Gasteiger partial charge in [-0.1, -0.05) is 6.07 Å². The van der Waals surface area contributed by atoms with Crippen LogP contribution in [0.4, 0.5) is 5.82 Å². The number of aliphatic hydroxyl groups is 1. The Morgan fingerprint density at radius 1 is 1.47 bits per heavy atom. The number of rotatable bonds is 3. The minimum Gasteiger partial charge on any atom is -0.477 e. The van der Waals surface area contributed by atoms with Crippen LogP contribution in [0.2, 0.25) is 0 Å². The quantitative estimate of drug-likeness (QED) is 0.823. The third-order valence-electron chi connectivity index (χ3n) is 3.26. The highest BCUT2D eigenvalue weighted by Crippen LogP contribution is 2.26. The Labute approximate surface area is 99.7 Å². The SMILES string of the molecule is CN(c1cccc(C(=O)O)n1)[C@@H]1CCC[C@H]1O. The van der Waals surface area contributed by atoms with Crippen molar-refractivity contribution in [3.63, 3.8) is 0 Å². The van der Waals surface area contributed by atoms with E-state index in [0.29, 0.717) is 5.82 Å². The van der Waals surface area contributed by atoms with Crippen molar-refractivity contribution >= 4 is 11.8 Å². The van der Waals surface area contributed by atoms with Crippen molar-refractivity contribution in [3.05, 3.63) is 23.9 Å². The number of aliphatic hydroxyl groups excluding tert-OH is 1. The largest absolute Gasteiger partial charge is 0.477 e. The second kappa shape index (κ2) is 4.71. The maximum atomic E-state index is 10.8. The van der Waals surface area contributed by atoms with E-state index in [-0.39, 0.29) is 17.8 Å². The molecule has 2 rings (SSSR count). The number of hydrogen-bond donors (Lipinski definition) is 2. The molecule has 1 saturated carbocycles. The standard InChI is InChI=1S/C12H16N2O3/c1-14(9-5-3-6-10(9)15)11-7-2-4-8(13-11)12(16)17/h2,4,7,9-10,15H,3,5-6H2,1H3,(H,16,17)/t9-,10-/m1/s1. The van der Waals surface area contributed by atoms with Crippen LogP contribution in [0.3, 0.4) is 0 Å². The van der Waals surface area contributed by atoms with E-state index in [1.54, 1.807) is 12.1 Å². The molecule has 1 aromatic rings. The highest BCUT2D eigenvalue weighted by Gasteiger charge is 2.29. The van der Waals surface area contributed by atoms with Crippen molar-refractivity contribution in [1.29, 1.82) is 0 Å². The molecule has 0 aliphatic heterocycles. The summed E-state index contributed by atoms with van der Waals surface area (Å²) in [6.07, 6.45) is 2.36. The van der Waals surface area contributed by atoms with Crippen LogP contribution in [0.25, 0.3) is 0 Å². The average Bonchev–Trinajstić information content (AvgIpc) is 2.74. The van der Waals surface area contributed by atoms with Crippen molar-refractivity contribution in [2.24, 2.45) is 0 Å². The molecule has 1 aliphatic rings. The molecule has 5 nitrogen and oxygen atoms in total. The zero-order chi connectivity index (χ0) is 12.4. The summed E-state index contributed by atoms with van der Waals surface area (Å²) in [6, 6.07) is 4.93. The first-order chi connectivity index (χ1) is 8.09. The fraction of sp³-hybridized carbons (Fsp3) is 0.500. The smallest absolute Gasteiger partial charge is 0.354 e. The van der Waals surface area contributed by atoms with Crippen molar-refractivity contribution in [1.82, 2.24) is 4.98 Å². The lowest BCUT2D eigenvalue weighted by Gasteiger charge is -2.28. The lowest BCUT2D eigenvalue weighted by molar-refractivity contribution is 0.0690. The Morgan fingerprint density at radius 3 is 2.82 bits per heavy atom. The van der Waals surface area contributed by atoms with Gasteiger partial charge < -0.3 is 15.1 Å². The van der Waals surface area contributed by atoms with Gasteiger partial charge in [-0.2, -0.15) is 0 Å². The van der Waals surface area contributed by atoms with E-state index in [1.165, 1.54) is 6.07 Å². The summed E-state index contributed by atoms with van der Waals surface area (Å²) in [6.45, 7) is 0. The number of carboxylic acid groups (broad SMARTS) is 1. The van der Waals surface area contributed by atoms with Gasteiger partial charge in [-0.3, -0.25) is 0 Å². The average molecular weight is 236 g/mol. The molecular formula is C12H16N2O3. The summed E-state index contributed by atoms with van der Waals surface area (Å²) in [5, 5.41) is 18.7. The van der Waals surface area contributed by atoms with Gasteiger partial charge in [0.2, 0.25) is 0 Å². The molecule has 0 amide bonds. The van der Waals surface area contributed by atoms with Crippen molar-refractivity contribution in [2.75, 3.05) is 11.9 Å². The molecule has 1 fully saturated rings. The molecule has 2 N–H and O–H groups in total.